The van der Waals surface area contributed by atoms with Crippen LogP contribution in [-0.2, 0) is 0 Å². The molecule has 1 nitrogen and oxygen atoms in total. The molecule has 1 unspecified atom stereocenters. The van der Waals surface area contributed by atoms with Gasteiger partial charge in [-0.1, -0.05) is 49.2 Å². The van der Waals surface area contributed by atoms with Crippen LogP contribution in [0.2, 0.25) is 0 Å². The number of hydrogen-bond donors (Lipinski definition) is 0. The van der Waals surface area contributed by atoms with Crippen molar-refractivity contribution in [3.05, 3.63) is 48.6 Å². The summed E-state index contributed by atoms with van der Waals surface area (Å²) in [6.45, 7) is 6.43. The van der Waals surface area contributed by atoms with Crippen molar-refractivity contribution in [1.82, 2.24) is 4.90 Å². The van der Waals surface area contributed by atoms with Crippen LogP contribution in [-0.4, -0.2) is 18.0 Å². The van der Waals surface area contributed by atoms with E-state index in [1.165, 1.54) is 44.3 Å². The van der Waals surface area contributed by atoms with Crippen LogP contribution in [0.4, 0.5) is 0 Å². The lowest BCUT2D eigenvalue weighted by molar-refractivity contribution is 0.241. The van der Waals surface area contributed by atoms with Crippen molar-refractivity contribution in [2.45, 2.75) is 31.7 Å². The van der Waals surface area contributed by atoms with Gasteiger partial charge in [-0.15, -0.1) is 6.58 Å². The van der Waals surface area contributed by atoms with E-state index in [1.54, 1.807) is 0 Å². The Bertz CT molecular complexity index is 309. The largest absolute Gasteiger partial charge is 0.293 e. The fourth-order valence-electron chi connectivity index (χ4n) is 2.52. The van der Waals surface area contributed by atoms with Crippen LogP contribution >= 0.6 is 0 Å². The Morgan fingerprint density at radius 1 is 1.00 bits per heavy atom. The standard InChI is InChI=1S/C15H21N/c1-2-15(14-10-6-5-7-11-14)16-12-8-3-4-9-13-16/h2,5-7,10-11,15H,1,3-4,8-9,12-13H2. The monoisotopic (exact) mass is 215 g/mol. The Morgan fingerprint density at radius 3 is 2.19 bits per heavy atom. The average molecular weight is 215 g/mol. The summed E-state index contributed by atoms with van der Waals surface area (Å²) in [5.74, 6) is 0. The molecule has 0 amide bonds. The van der Waals surface area contributed by atoms with Crippen molar-refractivity contribution < 1.29 is 0 Å². The van der Waals surface area contributed by atoms with E-state index in [1.807, 2.05) is 0 Å². The Kier molecular flexibility index (Phi) is 4.17. The Labute approximate surface area is 98.8 Å². The van der Waals surface area contributed by atoms with Crippen molar-refractivity contribution in [3.8, 4) is 0 Å². The molecule has 86 valence electrons. The molecule has 1 aliphatic rings. The van der Waals surface area contributed by atoms with Crippen LogP contribution in [0.5, 0.6) is 0 Å². The number of rotatable bonds is 3. The van der Waals surface area contributed by atoms with Gasteiger partial charge >= 0.3 is 0 Å². The molecule has 16 heavy (non-hydrogen) atoms. The molecule has 1 fully saturated rings. The van der Waals surface area contributed by atoms with Crippen LogP contribution < -0.4 is 0 Å². The summed E-state index contributed by atoms with van der Waals surface area (Å²) < 4.78 is 0. The molecule has 0 saturated carbocycles. The molecule has 1 saturated heterocycles. The number of hydrogen-bond acceptors (Lipinski definition) is 1. The molecule has 1 aromatic carbocycles. The lowest BCUT2D eigenvalue weighted by atomic mass is 10.1. The zero-order valence-electron chi connectivity index (χ0n) is 9.94. The zero-order chi connectivity index (χ0) is 11.2. The normalized spacial score (nSPS) is 20.0. The van der Waals surface area contributed by atoms with Gasteiger partial charge in [0.25, 0.3) is 0 Å². The van der Waals surface area contributed by atoms with Gasteiger partial charge in [-0.25, -0.2) is 0 Å². The Balaban J connectivity index is 2.12. The molecule has 1 aliphatic heterocycles. The van der Waals surface area contributed by atoms with Gasteiger partial charge in [0.2, 0.25) is 0 Å². The molecule has 2 rings (SSSR count). The second-order valence-electron chi connectivity index (χ2n) is 4.54. The highest BCUT2D eigenvalue weighted by atomic mass is 15.1. The first-order valence-corrected chi connectivity index (χ1v) is 6.33. The fraction of sp³-hybridized carbons (Fsp3) is 0.467. The smallest absolute Gasteiger partial charge is 0.0528 e. The molecule has 0 N–H and O–H groups in total. The third kappa shape index (κ3) is 2.73. The molecule has 0 bridgehead atoms. The lowest BCUT2D eigenvalue weighted by Crippen LogP contribution is -2.28. The van der Waals surface area contributed by atoms with Gasteiger partial charge in [0.05, 0.1) is 6.04 Å². The summed E-state index contributed by atoms with van der Waals surface area (Å²) in [5, 5.41) is 0. The van der Waals surface area contributed by atoms with Crippen LogP contribution in [0.3, 0.4) is 0 Å². The lowest BCUT2D eigenvalue weighted by Gasteiger charge is -2.28. The summed E-state index contributed by atoms with van der Waals surface area (Å²) in [4.78, 5) is 2.56. The molecule has 1 heteroatoms. The predicted octanol–water partition coefficient (Wildman–Crippen LogP) is 3.79. The first-order chi connectivity index (χ1) is 7.92. The molecule has 1 heterocycles. The van der Waals surface area contributed by atoms with Crippen molar-refractivity contribution in [1.29, 1.82) is 0 Å². The SMILES string of the molecule is C=CC(c1ccccc1)N1CCCCCC1. The van der Waals surface area contributed by atoms with Crippen LogP contribution in [0.15, 0.2) is 43.0 Å². The van der Waals surface area contributed by atoms with Crippen LogP contribution in [0, 0.1) is 0 Å². The van der Waals surface area contributed by atoms with E-state index in [0.29, 0.717) is 6.04 Å². The average Bonchev–Trinajstić information content (AvgIpc) is 2.61. The van der Waals surface area contributed by atoms with Gasteiger partial charge in [-0.05, 0) is 31.5 Å². The van der Waals surface area contributed by atoms with Gasteiger partial charge in [-0.2, -0.15) is 0 Å². The quantitative estimate of drug-likeness (QED) is 0.693. The summed E-state index contributed by atoms with van der Waals surface area (Å²) in [6.07, 6.45) is 7.51. The zero-order valence-corrected chi connectivity index (χ0v) is 9.94. The molecule has 0 aliphatic carbocycles. The molecule has 0 aromatic heterocycles. The topological polar surface area (TPSA) is 3.24 Å². The fourth-order valence-corrected chi connectivity index (χ4v) is 2.52. The summed E-state index contributed by atoms with van der Waals surface area (Å²) in [7, 11) is 0. The van der Waals surface area contributed by atoms with E-state index in [4.69, 9.17) is 0 Å². The number of nitrogens with zero attached hydrogens (tertiary/aromatic N) is 1. The van der Waals surface area contributed by atoms with E-state index in [-0.39, 0.29) is 0 Å². The van der Waals surface area contributed by atoms with E-state index in [2.05, 4.69) is 47.9 Å². The Hall–Kier alpha value is -1.08. The highest BCUT2D eigenvalue weighted by molar-refractivity contribution is 5.22. The highest BCUT2D eigenvalue weighted by Crippen LogP contribution is 2.24. The maximum atomic E-state index is 4.00. The minimum atomic E-state index is 0.402. The summed E-state index contributed by atoms with van der Waals surface area (Å²) in [6, 6.07) is 11.1. The number of likely N-dealkylation sites (tertiary alicyclic amines) is 1. The van der Waals surface area contributed by atoms with E-state index >= 15 is 0 Å². The maximum absolute atomic E-state index is 4.00. The molecule has 1 atom stereocenters. The van der Waals surface area contributed by atoms with Gasteiger partial charge in [0.1, 0.15) is 0 Å². The molecule has 0 radical (unpaired) electrons. The van der Waals surface area contributed by atoms with Gasteiger partial charge in [-0.3, -0.25) is 4.90 Å². The van der Waals surface area contributed by atoms with Gasteiger partial charge in [0, 0.05) is 0 Å². The number of benzene rings is 1. The van der Waals surface area contributed by atoms with E-state index < -0.39 is 0 Å². The predicted molar refractivity (Wildman–Crippen MR) is 69.4 cm³/mol. The summed E-state index contributed by atoms with van der Waals surface area (Å²) >= 11 is 0. The molecular weight excluding hydrogens is 194 g/mol. The minimum absolute atomic E-state index is 0.402. The van der Waals surface area contributed by atoms with Crippen molar-refractivity contribution in [2.24, 2.45) is 0 Å². The van der Waals surface area contributed by atoms with E-state index in [9.17, 15) is 0 Å². The highest BCUT2D eigenvalue weighted by Gasteiger charge is 2.17. The van der Waals surface area contributed by atoms with Crippen LogP contribution in [0.25, 0.3) is 0 Å². The van der Waals surface area contributed by atoms with Crippen molar-refractivity contribution >= 4 is 0 Å². The first-order valence-electron chi connectivity index (χ1n) is 6.33. The third-order valence-corrected chi connectivity index (χ3v) is 3.40. The Morgan fingerprint density at radius 2 is 1.62 bits per heavy atom. The van der Waals surface area contributed by atoms with Gasteiger partial charge < -0.3 is 0 Å². The second-order valence-corrected chi connectivity index (χ2v) is 4.54. The first kappa shape index (κ1) is 11.4. The molecule has 0 spiro atoms. The van der Waals surface area contributed by atoms with Crippen molar-refractivity contribution in [3.63, 3.8) is 0 Å². The van der Waals surface area contributed by atoms with Crippen molar-refractivity contribution in [2.75, 3.05) is 13.1 Å². The summed E-state index contributed by atoms with van der Waals surface area (Å²) in [5.41, 5.74) is 1.37. The van der Waals surface area contributed by atoms with E-state index in [0.717, 1.165) is 0 Å². The second kappa shape index (κ2) is 5.86. The van der Waals surface area contributed by atoms with Gasteiger partial charge in [0.15, 0.2) is 0 Å². The third-order valence-electron chi connectivity index (χ3n) is 3.40. The minimum Gasteiger partial charge on any atom is -0.293 e. The molecular formula is C15H21N. The maximum Gasteiger partial charge on any atom is 0.0528 e. The van der Waals surface area contributed by atoms with Crippen LogP contribution in [0.1, 0.15) is 37.3 Å². The molecule has 1 aromatic rings.